The average molecular weight is 175 g/mol. The van der Waals surface area contributed by atoms with Crippen LogP contribution in [-0.2, 0) is 6.42 Å². The summed E-state index contributed by atoms with van der Waals surface area (Å²) in [6, 6.07) is 10.6. The van der Waals surface area contributed by atoms with E-state index in [-0.39, 0.29) is 0 Å². The summed E-state index contributed by atoms with van der Waals surface area (Å²) < 4.78 is 0. The third-order valence-electron chi connectivity index (χ3n) is 2.00. The van der Waals surface area contributed by atoms with E-state index in [4.69, 9.17) is 0 Å². The van der Waals surface area contributed by atoms with Crippen LogP contribution in [0.1, 0.15) is 12.5 Å². The Hall–Kier alpha value is -1.24. The van der Waals surface area contributed by atoms with E-state index in [2.05, 4.69) is 54.6 Å². The number of hydrogen-bond donors (Lipinski definition) is 0. The molecule has 0 aliphatic rings. The monoisotopic (exact) mass is 175 g/mol. The minimum absolute atomic E-state index is 1.08. The summed E-state index contributed by atoms with van der Waals surface area (Å²) in [7, 11) is 2.10. The lowest BCUT2D eigenvalue weighted by Gasteiger charge is -2.13. The lowest BCUT2D eigenvalue weighted by atomic mass is 10.1. The van der Waals surface area contributed by atoms with Crippen LogP contribution in [0.4, 0.5) is 0 Å². The first-order chi connectivity index (χ1) is 6.33. The quantitative estimate of drug-likeness (QED) is 0.680. The first kappa shape index (κ1) is 9.85. The molecule has 1 aromatic carbocycles. The molecule has 0 amide bonds. The highest BCUT2D eigenvalue weighted by molar-refractivity contribution is 5.14. The normalized spacial score (nSPS) is 10.6. The zero-order chi connectivity index (χ0) is 9.52. The van der Waals surface area contributed by atoms with E-state index in [9.17, 15) is 0 Å². The predicted octanol–water partition coefficient (Wildman–Crippen LogP) is 2.69. The molecule has 1 heteroatoms. The van der Waals surface area contributed by atoms with E-state index >= 15 is 0 Å². The molecule has 1 nitrogen and oxygen atoms in total. The molecule has 0 atom stereocenters. The molecule has 0 fully saturated rings. The Labute approximate surface area is 80.7 Å². The standard InChI is InChI=1S/C12H17N/c1-3-10-13(2)11-9-12-7-5-4-6-8-12/h3-8,10H,9,11H2,1-2H3. The van der Waals surface area contributed by atoms with Gasteiger partial charge in [-0.15, -0.1) is 0 Å². The van der Waals surface area contributed by atoms with Crippen molar-refractivity contribution in [3.05, 3.63) is 48.2 Å². The predicted molar refractivity (Wildman–Crippen MR) is 57.6 cm³/mol. The van der Waals surface area contributed by atoms with Gasteiger partial charge in [0.05, 0.1) is 0 Å². The van der Waals surface area contributed by atoms with E-state index in [1.807, 2.05) is 6.92 Å². The Bertz CT molecular complexity index is 251. The molecular weight excluding hydrogens is 158 g/mol. The second-order valence-corrected chi connectivity index (χ2v) is 3.20. The maximum Gasteiger partial charge on any atom is 0.0209 e. The highest BCUT2D eigenvalue weighted by atomic mass is 15.1. The van der Waals surface area contributed by atoms with Crippen LogP contribution in [0.3, 0.4) is 0 Å². The topological polar surface area (TPSA) is 3.24 Å². The lowest BCUT2D eigenvalue weighted by molar-refractivity contribution is 0.460. The summed E-state index contributed by atoms with van der Waals surface area (Å²) in [5, 5.41) is 0. The van der Waals surface area contributed by atoms with Crippen molar-refractivity contribution in [1.82, 2.24) is 4.90 Å². The molecule has 0 aliphatic heterocycles. The van der Waals surface area contributed by atoms with Gasteiger partial charge in [-0.1, -0.05) is 36.4 Å². The number of rotatable bonds is 4. The fraction of sp³-hybridized carbons (Fsp3) is 0.333. The van der Waals surface area contributed by atoms with E-state index < -0.39 is 0 Å². The largest absolute Gasteiger partial charge is 0.380 e. The van der Waals surface area contributed by atoms with Crippen molar-refractivity contribution < 1.29 is 0 Å². The fourth-order valence-electron chi connectivity index (χ4n) is 1.28. The van der Waals surface area contributed by atoms with Crippen LogP contribution in [0.15, 0.2) is 42.6 Å². The van der Waals surface area contributed by atoms with E-state index in [1.165, 1.54) is 5.56 Å². The molecule has 0 aromatic heterocycles. The molecule has 0 N–H and O–H groups in total. The van der Waals surface area contributed by atoms with Crippen molar-refractivity contribution in [2.75, 3.05) is 13.6 Å². The van der Waals surface area contributed by atoms with Crippen molar-refractivity contribution in [1.29, 1.82) is 0 Å². The van der Waals surface area contributed by atoms with Crippen molar-refractivity contribution in [3.8, 4) is 0 Å². The third kappa shape index (κ3) is 3.79. The first-order valence-electron chi connectivity index (χ1n) is 4.70. The van der Waals surface area contributed by atoms with Crippen LogP contribution in [0, 0.1) is 0 Å². The fourth-order valence-corrected chi connectivity index (χ4v) is 1.28. The minimum Gasteiger partial charge on any atom is -0.380 e. The molecule has 13 heavy (non-hydrogen) atoms. The molecule has 0 radical (unpaired) electrons. The number of hydrogen-bond acceptors (Lipinski definition) is 1. The smallest absolute Gasteiger partial charge is 0.0209 e. The maximum absolute atomic E-state index is 2.20. The zero-order valence-electron chi connectivity index (χ0n) is 8.40. The molecule has 1 aromatic rings. The minimum atomic E-state index is 1.08. The van der Waals surface area contributed by atoms with Gasteiger partial charge in [-0.2, -0.15) is 0 Å². The van der Waals surface area contributed by atoms with E-state index in [0.29, 0.717) is 0 Å². The molecule has 70 valence electrons. The zero-order valence-corrected chi connectivity index (χ0v) is 8.40. The van der Waals surface area contributed by atoms with Gasteiger partial charge in [-0.3, -0.25) is 0 Å². The van der Waals surface area contributed by atoms with Crippen molar-refractivity contribution in [3.63, 3.8) is 0 Å². The van der Waals surface area contributed by atoms with E-state index in [1.54, 1.807) is 0 Å². The molecule has 0 unspecified atom stereocenters. The van der Waals surface area contributed by atoms with E-state index in [0.717, 1.165) is 13.0 Å². The van der Waals surface area contributed by atoms with Crippen molar-refractivity contribution >= 4 is 0 Å². The molecule has 0 aliphatic carbocycles. The van der Waals surface area contributed by atoms with Gasteiger partial charge in [-0.25, -0.2) is 0 Å². The second kappa shape index (κ2) is 5.41. The molecule has 1 rings (SSSR count). The second-order valence-electron chi connectivity index (χ2n) is 3.20. The summed E-state index contributed by atoms with van der Waals surface area (Å²) in [6.07, 6.45) is 5.27. The highest BCUT2D eigenvalue weighted by Crippen LogP contribution is 2.00. The van der Waals surface area contributed by atoms with Gasteiger partial charge < -0.3 is 4.90 Å². The average Bonchev–Trinajstić information content (AvgIpc) is 2.17. The maximum atomic E-state index is 2.20. The van der Waals surface area contributed by atoms with Crippen molar-refractivity contribution in [2.45, 2.75) is 13.3 Å². The molecule has 0 bridgehead atoms. The molecule has 0 saturated carbocycles. The van der Waals surface area contributed by atoms with Gasteiger partial charge in [0, 0.05) is 13.6 Å². The van der Waals surface area contributed by atoms with Gasteiger partial charge in [0.15, 0.2) is 0 Å². The number of allylic oxidation sites excluding steroid dienone is 1. The van der Waals surface area contributed by atoms with Crippen LogP contribution in [0.5, 0.6) is 0 Å². The summed E-state index contributed by atoms with van der Waals surface area (Å²) in [6.45, 7) is 3.12. The Balaban J connectivity index is 2.35. The van der Waals surface area contributed by atoms with Gasteiger partial charge in [0.1, 0.15) is 0 Å². The SMILES string of the molecule is CC=CN(C)CCc1ccccc1. The summed E-state index contributed by atoms with van der Waals surface area (Å²) >= 11 is 0. The van der Waals surface area contributed by atoms with Crippen LogP contribution in [-0.4, -0.2) is 18.5 Å². The molecule has 0 saturated heterocycles. The molecular formula is C12H17N. The van der Waals surface area contributed by atoms with Gasteiger partial charge in [0.25, 0.3) is 0 Å². The Kier molecular flexibility index (Phi) is 4.10. The number of likely N-dealkylation sites (N-methyl/N-ethyl adjacent to an activating group) is 1. The van der Waals surface area contributed by atoms with Gasteiger partial charge in [0.2, 0.25) is 0 Å². The van der Waals surface area contributed by atoms with Crippen LogP contribution >= 0.6 is 0 Å². The molecule has 0 spiro atoms. The summed E-state index contributed by atoms with van der Waals surface area (Å²) in [5.74, 6) is 0. The Morgan fingerprint density at radius 1 is 1.23 bits per heavy atom. The van der Waals surface area contributed by atoms with Crippen LogP contribution in [0.2, 0.25) is 0 Å². The first-order valence-corrected chi connectivity index (χ1v) is 4.70. The number of nitrogens with zero attached hydrogens (tertiary/aromatic N) is 1. The Morgan fingerprint density at radius 2 is 1.92 bits per heavy atom. The van der Waals surface area contributed by atoms with Gasteiger partial charge >= 0.3 is 0 Å². The third-order valence-corrected chi connectivity index (χ3v) is 2.00. The van der Waals surface area contributed by atoms with Crippen LogP contribution < -0.4 is 0 Å². The van der Waals surface area contributed by atoms with Crippen LogP contribution in [0.25, 0.3) is 0 Å². The lowest BCUT2D eigenvalue weighted by Crippen LogP contribution is -2.13. The summed E-state index contributed by atoms with van der Waals surface area (Å²) in [5.41, 5.74) is 1.40. The number of benzene rings is 1. The Morgan fingerprint density at radius 3 is 2.54 bits per heavy atom. The highest BCUT2D eigenvalue weighted by Gasteiger charge is 1.92. The van der Waals surface area contributed by atoms with Crippen molar-refractivity contribution in [2.24, 2.45) is 0 Å². The van der Waals surface area contributed by atoms with Gasteiger partial charge in [-0.05, 0) is 25.1 Å². The summed E-state index contributed by atoms with van der Waals surface area (Å²) in [4.78, 5) is 2.20. The molecule has 0 heterocycles.